The van der Waals surface area contributed by atoms with Gasteiger partial charge in [0.15, 0.2) is 0 Å². The minimum Gasteiger partial charge on any atom is -0.455 e. The molecule has 0 unspecified atom stereocenters. The van der Waals surface area contributed by atoms with Crippen LogP contribution in [-0.4, -0.2) is 23.1 Å². The Labute approximate surface area is 129 Å². The number of rotatable bonds is 7. The summed E-state index contributed by atoms with van der Waals surface area (Å²) in [5, 5.41) is 0. The Balaban J connectivity index is 4.95. The van der Waals surface area contributed by atoms with E-state index in [4.69, 9.17) is 9.47 Å². The van der Waals surface area contributed by atoms with Crippen LogP contribution in [0.2, 0.25) is 0 Å². The third-order valence-corrected chi connectivity index (χ3v) is 4.18. The Bertz CT molecular complexity index is 378. The molecule has 0 aliphatic rings. The minimum atomic E-state index is -0.900. The van der Waals surface area contributed by atoms with Gasteiger partial charge in [-0.25, -0.2) is 0 Å². The molecule has 0 aliphatic carbocycles. The van der Waals surface area contributed by atoms with Crippen LogP contribution in [0.25, 0.3) is 0 Å². The molecule has 0 atom stereocenters. The Hall–Kier alpha value is -1.06. The quantitative estimate of drug-likeness (QED) is 0.664. The van der Waals surface area contributed by atoms with Gasteiger partial charge < -0.3 is 9.47 Å². The van der Waals surface area contributed by atoms with Gasteiger partial charge in [0, 0.05) is 6.42 Å². The zero-order chi connectivity index (χ0) is 17.1. The fraction of sp³-hybridized carbons (Fsp3) is 0.882. The second-order valence-electron chi connectivity index (χ2n) is 7.72. The molecule has 0 aliphatic heterocycles. The highest BCUT2D eigenvalue weighted by Crippen LogP contribution is 2.33. The number of ether oxygens (including phenoxy) is 2. The first-order chi connectivity index (χ1) is 9.25. The van der Waals surface area contributed by atoms with E-state index in [-0.39, 0.29) is 17.9 Å². The average Bonchev–Trinajstić information content (AvgIpc) is 2.25. The molecular weight excluding hydrogens is 268 g/mol. The van der Waals surface area contributed by atoms with Crippen LogP contribution in [0.5, 0.6) is 0 Å². The summed E-state index contributed by atoms with van der Waals surface area (Å²) in [6.45, 7) is 16.7. The van der Waals surface area contributed by atoms with Crippen molar-refractivity contribution in [3.63, 3.8) is 0 Å². The standard InChI is InChI=1S/C17H32O4/c1-10-15(4,5)14(19)21-17(8,9)16(6,7)20-13(18)11-12(2)3/h12H,10-11H2,1-9H3. The van der Waals surface area contributed by atoms with Gasteiger partial charge in [0.2, 0.25) is 0 Å². The van der Waals surface area contributed by atoms with Crippen molar-refractivity contribution in [1.29, 1.82) is 0 Å². The molecule has 4 nitrogen and oxygen atoms in total. The molecule has 21 heavy (non-hydrogen) atoms. The van der Waals surface area contributed by atoms with Crippen molar-refractivity contribution in [3.8, 4) is 0 Å². The Morgan fingerprint density at radius 3 is 1.71 bits per heavy atom. The van der Waals surface area contributed by atoms with Crippen LogP contribution in [0.3, 0.4) is 0 Å². The SMILES string of the molecule is CCC(C)(C)C(=O)OC(C)(C)C(C)(C)OC(=O)CC(C)C. The number of carbonyl (C=O) groups is 2. The lowest BCUT2D eigenvalue weighted by Gasteiger charge is -2.41. The lowest BCUT2D eigenvalue weighted by Crippen LogP contribution is -2.52. The summed E-state index contributed by atoms with van der Waals surface area (Å²) < 4.78 is 11.2. The van der Waals surface area contributed by atoms with Crippen molar-refractivity contribution in [2.24, 2.45) is 11.3 Å². The first-order valence-electron chi connectivity index (χ1n) is 7.70. The van der Waals surface area contributed by atoms with Gasteiger partial charge in [-0.3, -0.25) is 9.59 Å². The van der Waals surface area contributed by atoms with Crippen LogP contribution >= 0.6 is 0 Å². The maximum Gasteiger partial charge on any atom is 0.312 e. The van der Waals surface area contributed by atoms with E-state index in [2.05, 4.69) is 0 Å². The highest BCUT2D eigenvalue weighted by molar-refractivity contribution is 5.76. The molecule has 0 radical (unpaired) electrons. The number of esters is 2. The predicted molar refractivity (Wildman–Crippen MR) is 83.9 cm³/mol. The molecule has 0 aromatic rings. The fourth-order valence-corrected chi connectivity index (χ4v) is 1.42. The van der Waals surface area contributed by atoms with Gasteiger partial charge in [-0.15, -0.1) is 0 Å². The maximum atomic E-state index is 12.3. The van der Waals surface area contributed by atoms with Gasteiger partial charge >= 0.3 is 11.9 Å². The van der Waals surface area contributed by atoms with Crippen LogP contribution in [0.15, 0.2) is 0 Å². The summed E-state index contributed by atoms with van der Waals surface area (Å²) in [5.41, 5.74) is -2.34. The molecule has 0 heterocycles. The predicted octanol–water partition coefficient (Wildman–Crippen LogP) is 4.11. The van der Waals surface area contributed by atoms with Gasteiger partial charge in [0.05, 0.1) is 5.41 Å². The first-order valence-corrected chi connectivity index (χ1v) is 7.70. The van der Waals surface area contributed by atoms with E-state index in [1.165, 1.54) is 0 Å². The molecule has 0 saturated heterocycles. The van der Waals surface area contributed by atoms with E-state index < -0.39 is 16.6 Å². The van der Waals surface area contributed by atoms with Crippen molar-refractivity contribution in [3.05, 3.63) is 0 Å². The zero-order valence-electron chi connectivity index (χ0n) is 15.1. The van der Waals surface area contributed by atoms with Gasteiger partial charge in [-0.05, 0) is 53.9 Å². The van der Waals surface area contributed by atoms with Crippen molar-refractivity contribution < 1.29 is 19.1 Å². The molecular formula is C17H32O4. The lowest BCUT2D eigenvalue weighted by molar-refractivity contribution is -0.205. The monoisotopic (exact) mass is 300 g/mol. The largest absolute Gasteiger partial charge is 0.455 e. The second-order valence-corrected chi connectivity index (χ2v) is 7.72. The van der Waals surface area contributed by atoms with Crippen molar-refractivity contribution >= 4 is 11.9 Å². The molecule has 0 spiro atoms. The summed E-state index contributed by atoms with van der Waals surface area (Å²) >= 11 is 0. The lowest BCUT2D eigenvalue weighted by atomic mass is 9.86. The van der Waals surface area contributed by atoms with Gasteiger partial charge in [-0.2, -0.15) is 0 Å². The molecule has 0 bridgehead atoms. The molecule has 0 amide bonds. The van der Waals surface area contributed by atoms with E-state index in [1.54, 1.807) is 27.7 Å². The van der Waals surface area contributed by atoms with Crippen LogP contribution in [0, 0.1) is 11.3 Å². The fourth-order valence-electron chi connectivity index (χ4n) is 1.42. The maximum absolute atomic E-state index is 12.3. The molecule has 0 aromatic heterocycles. The van der Waals surface area contributed by atoms with Gasteiger partial charge in [-0.1, -0.05) is 20.8 Å². The molecule has 0 saturated carbocycles. The van der Waals surface area contributed by atoms with Gasteiger partial charge in [0.25, 0.3) is 0 Å². The van der Waals surface area contributed by atoms with Crippen molar-refractivity contribution in [2.45, 2.75) is 86.4 Å². The molecule has 0 aromatic carbocycles. The average molecular weight is 300 g/mol. The van der Waals surface area contributed by atoms with E-state index in [0.717, 1.165) is 0 Å². The third kappa shape index (κ3) is 5.68. The van der Waals surface area contributed by atoms with Crippen LogP contribution in [0.4, 0.5) is 0 Å². The highest BCUT2D eigenvalue weighted by Gasteiger charge is 2.45. The first kappa shape index (κ1) is 19.9. The molecule has 124 valence electrons. The van der Waals surface area contributed by atoms with E-state index in [0.29, 0.717) is 12.8 Å². The molecule has 4 heteroatoms. The molecule has 0 N–H and O–H groups in total. The van der Waals surface area contributed by atoms with E-state index in [1.807, 2.05) is 34.6 Å². The summed E-state index contributed by atoms with van der Waals surface area (Å²) in [7, 11) is 0. The normalized spacial score (nSPS) is 13.2. The number of hydrogen-bond donors (Lipinski definition) is 0. The van der Waals surface area contributed by atoms with Crippen LogP contribution < -0.4 is 0 Å². The summed E-state index contributed by atoms with van der Waals surface area (Å²) in [4.78, 5) is 24.2. The topological polar surface area (TPSA) is 52.6 Å². The van der Waals surface area contributed by atoms with E-state index >= 15 is 0 Å². The smallest absolute Gasteiger partial charge is 0.312 e. The van der Waals surface area contributed by atoms with Crippen molar-refractivity contribution in [1.82, 2.24) is 0 Å². The third-order valence-electron chi connectivity index (χ3n) is 4.18. The molecule has 0 fully saturated rings. The molecule has 0 rings (SSSR count). The summed E-state index contributed by atoms with van der Waals surface area (Å²) in [5.74, 6) is -0.310. The zero-order valence-corrected chi connectivity index (χ0v) is 15.1. The summed E-state index contributed by atoms with van der Waals surface area (Å²) in [6, 6.07) is 0. The van der Waals surface area contributed by atoms with E-state index in [9.17, 15) is 9.59 Å². The second kappa shape index (κ2) is 6.80. The Morgan fingerprint density at radius 2 is 1.33 bits per heavy atom. The van der Waals surface area contributed by atoms with Crippen molar-refractivity contribution in [2.75, 3.05) is 0 Å². The minimum absolute atomic E-state index is 0.234. The Morgan fingerprint density at radius 1 is 0.905 bits per heavy atom. The van der Waals surface area contributed by atoms with Crippen LogP contribution in [-0.2, 0) is 19.1 Å². The van der Waals surface area contributed by atoms with Gasteiger partial charge in [0.1, 0.15) is 11.2 Å². The summed E-state index contributed by atoms with van der Waals surface area (Å²) in [6.07, 6.45) is 1.05. The number of hydrogen-bond acceptors (Lipinski definition) is 4. The highest BCUT2D eigenvalue weighted by atomic mass is 16.6. The Kier molecular flexibility index (Phi) is 6.46. The number of carbonyl (C=O) groups excluding carboxylic acids is 2. The van der Waals surface area contributed by atoms with Crippen LogP contribution in [0.1, 0.15) is 75.2 Å².